The van der Waals surface area contributed by atoms with Gasteiger partial charge in [0.2, 0.25) is 0 Å². The van der Waals surface area contributed by atoms with Crippen LogP contribution < -0.4 is 51.9 Å². The summed E-state index contributed by atoms with van der Waals surface area (Å²) in [6, 6.07) is 45.6. The number of carbonyl (C=O) groups excluding carboxylic acids is 6. The third kappa shape index (κ3) is 69.2. The normalized spacial score (nSPS) is 8.91. The van der Waals surface area contributed by atoms with Gasteiger partial charge in [0.25, 0.3) is 0 Å². The third-order valence-electron chi connectivity index (χ3n) is 8.16. The molecule has 0 atom stereocenters. The van der Waals surface area contributed by atoms with Crippen LogP contribution in [-0.2, 0) is 116 Å². The summed E-state index contributed by atoms with van der Waals surface area (Å²) in [5, 5.41) is 68.7. The van der Waals surface area contributed by atoms with Gasteiger partial charge < -0.3 is 103 Å². The number of nitrogens with zero attached hydrogens (tertiary/aromatic N) is 8. The van der Waals surface area contributed by atoms with E-state index in [0.29, 0.717) is 0 Å². The molecule has 0 fully saturated rings. The van der Waals surface area contributed by atoms with Crippen molar-refractivity contribution in [1.82, 2.24) is 39.9 Å². The minimum absolute atomic E-state index is 0. The van der Waals surface area contributed by atoms with E-state index in [1.54, 1.807) is 91.1 Å². The van der Waals surface area contributed by atoms with Crippen molar-refractivity contribution in [3.05, 3.63) is 268 Å². The molecule has 0 amide bonds. The molecule has 30 heteroatoms. The van der Waals surface area contributed by atoms with Crippen LogP contribution in [0.25, 0.3) is 0 Å². The number of pyridine rings is 8. The van der Waals surface area contributed by atoms with Gasteiger partial charge in [0.1, 0.15) is 46.5 Å². The molecule has 0 unspecified atom stereocenters. The summed E-state index contributed by atoms with van der Waals surface area (Å²) in [6.07, 6.45) is 28.2. The van der Waals surface area contributed by atoms with Crippen molar-refractivity contribution >= 4 is 82.4 Å². The predicted molar refractivity (Wildman–Crippen MR) is 345 cm³/mol. The van der Waals surface area contributed by atoms with Crippen LogP contribution in [0.4, 0.5) is 46.5 Å². The summed E-state index contributed by atoms with van der Waals surface area (Å²) in [7, 11) is 0. The van der Waals surface area contributed by atoms with Crippen LogP contribution in [0.5, 0.6) is 0 Å². The van der Waals surface area contributed by atoms with Crippen LogP contribution in [0, 0.1) is 0 Å². The van der Waals surface area contributed by atoms with Crippen molar-refractivity contribution in [1.29, 1.82) is 0 Å². The molecule has 16 N–H and O–H groups in total. The number of carboxylic acid groups (broad SMARTS) is 6. The van der Waals surface area contributed by atoms with E-state index in [2.05, 4.69) is 61.1 Å². The van der Waals surface area contributed by atoms with Crippen molar-refractivity contribution < 1.29 is 147 Å². The fourth-order valence-electron chi connectivity index (χ4n) is 4.83. The summed E-state index contributed by atoms with van der Waals surface area (Å²) in [5.41, 5.74) is 0. The molecule has 0 aliphatic heterocycles. The zero-order chi connectivity index (χ0) is 65.7. The molecule has 0 aromatic carbocycles. The van der Waals surface area contributed by atoms with Crippen LogP contribution in [-0.4, -0.2) is 75.7 Å². The number of aromatic nitrogens is 8. The summed E-state index contributed by atoms with van der Waals surface area (Å²) >= 11 is 0. The maximum atomic E-state index is 9.40. The van der Waals surface area contributed by atoms with E-state index in [0.717, 1.165) is 83.0 Å². The molecule has 0 aliphatic carbocycles. The molecule has 8 aromatic heterocycles. The van der Waals surface area contributed by atoms with Gasteiger partial charge in [0.05, 0.1) is 35.8 Å². The third-order valence-corrected chi connectivity index (χ3v) is 8.16. The number of rotatable bonds is 14. The molecule has 0 spiro atoms. The van der Waals surface area contributed by atoms with Crippen LogP contribution >= 0.6 is 0 Å². The van der Waals surface area contributed by atoms with Crippen LogP contribution in [0.3, 0.4) is 0 Å². The van der Waals surface area contributed by atoms with Gasteiger partial charge in [-0.2, -0.15) is 0 Å². The Bertz CT molecular complexity index is 2640. The number of nitrogens with one attached hydrogen (secondary N) is 4. The molecule has 0 radical (unpaired) electrons. The monoisotopic (exact) mass is 1450 g/mol. The second-order valence-corrected chi connectivity index (χ2v) is 15.1. The Morgan fingerprint density at radius 1 is 0.245 bits per heavy atom. The van der Waals surface area contributed by atoms with E-state index in [9.17, 15) is 59.4 Å². The first kappa shape index (κ1) is 99.9. The minimum atomic E-state index is -1.14. The largest absolute Gasteiger partial charge is 3.00 e. The van der Waals surface area contributed by atoms with Gasteiger partial charge in [0.15, 0.2) is 0 Å². The molecular weight excluding hydrogens is 1370 g/mol. The Hall–Kier alpha value is -10.3. The Morgan fingerprint density at radius 3 is 0.404 bits per heavy atom. The first-order valence-corrected chi connectivity index (χ1v) is 25.8. The Kier molecular flexibility index (Phi) is 76.3. The zero-order valence-corrected chi connectivity index (χ0v) is 58.0. The van der Waals surface area contributed by atoms with Crippen molar-refractivity contribution in [3.8, 4) is 0 Å². The molecule has 0 saturated heterocycles. The smallest absolute Gasteiger partial charge is 0.545 e. The molecule has 0 saturated carbocycles. The molecule has 8 rings (SSSR count). The van der Waals surface area contributed by atoms with Crippen LogP contribution in [0.1, 0.15) is 41.5 Å². The average molecular weight is 1450 g/mol. The number of carboxylic acids is 6. The van der Waals surface area contributed by atoms with E-state index in [1.165, 1.54) is 36.5 Å². The van der Waals surface area contributed by atoms with E-state index >= 15 is 0 Å². The number of aliphatic carboxylic acids is 6. The van der Waals surface area contributed by atoms with Gasteiger partial charge in [-0.25, -0.2) is 39.9 Å². The Balaban J connectivity index is -0.000000148. The standard InChI is InChI=1S/4C10H9N3.6C4H6O2.4H2O.2Y/c4*1-3-7-11-9(5-1)13-10-6-2-4-8-12-10;6*1-2-3-4(5)6;;;;;;/h4*1-8H,(H,11,12,13);6*2-3H,1H3,(H,5,6);4*1H2;;/q;;;;;;;;;;;;;;2*+3/p-2/b;;;;6*3-2+;;;;;;. The van der Waals surface area contributed by atoms with Crippen LogP contribution in [0.2, 0.25) is 0 Å². The molecule has 8 aromatic rings. The zero-order valence-electron chi connectivity index (χ0n) is 52.3. The van der Waals surface area contributed by atoms with Crippen molar-refractivity contribution in [2.75, 3.05) is 21.3 Å². The molecular formula is C64H78N12O16Y2+4. The minimum Gasteiger partial charge on any atom is -0.545 e. The Morgan fingerprint density at radius 2 is 0.351 bits per heavy atom. The Labute approximate surface area is 595 Å². The summed E-state index contributed by atoms with van der Waals surface area (Å²) < 4.78 is 0. The van der Waals surface area contributed by atoms with Gasteiger partial charge in [-0.3, -0.25) is 0 Å². The van der Waals surface area contributed by atoms with E-state index in [4.69, 9.17) is 0 Å². The number of anilines is 8. The van der Waals surface area contributed by atoms with Gasteiger partial charge in [0, 0.05) is 49.6 Å². The number of allylic oxidation sites excluding steroid dienone is 6. The second-order valence-electron chi connectivity index (χ2n) is 15.1. The maximum absolute atomic E-state index is 9.40. The first-order chi connectivity index (χ1) is 42.4. The van der Waals surface area contributed by atoms with Crippen molar-refractivity contribution in [3.63, 3.8) is 0 Å². The van der Waals surface area contributed by atoms with Gasteiger partial charge in [-0.05, 0) is 175 Å². The van der Waals surface area contributed by atoms with E-state index < -0.39 is 35.8 Å². The average Bonchev–Trinajstić information content (AvgIpc) is 1.42. The SMILES string of the molecule is C/C=C/C(=O)[O-].C/C=C/C(=O)[O-].C/C=C/C(=O)[O-].C/C=C/C(=O)[O-].C/C=C/C(=O)[O-].C/C=C/C(=O)[O-].[OH3+].[OH3+].[OH3+].[OH3+].[Y+3].[Y+3].c1ccc(Nc2ccccn2)nc1.c1ccc(Nc2ccccn2)nc1.c1ccc(Nc2ccccn2)nc1.c1ccc(Nc2ccccn2)nc1. The molecule has 0 bridgehead atoms. The summed E-state index contributed by atoms with van der Waals surface area (Å²) in [5.74, 6) is -0.394. The van der Waals surface area contributed by atoms with Gasteiger partial charge in [-0.1, -0.05) is 85.0 Å². The van der Waals surface area contributed by atoms with E-state index in [1.807, 2.05) is 146 Å². The van der Waals surface area contributed by atoms with Gasteiger partial charge >= 0.3 is 65.4 Å². The predicted octanol–water partition coefficient (Wildman–Crippen LogP) is 1.06. The van der Waals surface area contributed by atoms with Gasteiger partial charge in [-0.15, -0.1) is 0 Å². The number of hydrogen-bond acceptors (Lipinski definition) is 24. The molecule has 28 nitrogen and oxygen atoms in total. The molecule has 492 valence electrons. The topological polar surface area (TPSA) is 524 Å². The van der Waals surface area contributed by atoms with Crippen molar-refractivity contribution in [2.45, 2.75) is 41.5 Å². The molecule has 94 heavy (non-hydrogen) atoms. The molecule has 8 heterocycles. The first-order valence-electron chi connectivity index (χ1n) is 25.8. The summed E-state index contributed by atoms with van der Waals surface area (Å²) in [4.78, 5) is 89.4. The van der Waals surface area contributed by atoms with E-state index in [-0.39, 0.29) is 87.3 Å². The van der Waals surface area contributed by atoms with Crippen LogP contribution in [0.15, 0.2) is 268 Å². The number of hydrogen-bond donors (Lipinski definition) is 4. The molecule has 0 aliphatic rings. The summed E-state index contributed by atoms with van der Waals surface area (Å²) in [6.45, 7) is 9.72. The quantitative estimate of drug-likeness (QED) is 0.0873. The maximum Gasteiger partial charge on any atom is 3.00 e. The number of carbonyl (C=O) groups is 6. The fourth-order valence-corrected chi connectivity index (χ4v) is 4.83. The van der Waals surface area contributed by atoms with Crippen molar-refractivity contribution in [2.24, 2.45) is 0 Å². The fraction of sp³-hybridized carbons (Fsp3) is 0.0938. The second kappa shape index (κ2) is 71.8.